The monoisotopic (exact) mass is 321 g/mol. The highest BCUT2D eigenvalue weighted by molar-refractivity contribution is 5.74. The number of urea groups is 1. The summed E-state index contributed by atoms with van der Waals surface area (Å²) in [5.74, 6) is 0. The molecule has 24 heavy (non-hydrogen) atoms. The predicted molar refractivity (Wildman–Crippen MR) is 90.1 cm³/mol. The third-order valence-corrected chi connectivity index (χ3v) is 4.05. The molecule has 0 aliphatic carbocycles. The fourth-order valence-electron chi connectivity index (χ4n) is 2.86. The average molecular weight is 321 g/mol. The van der Waals surface area contributed by atoms with E-state index in [0.29, 0.717) is 18.7 Å². The van der Waals surface area contributed by atoms with Crippen molar-refractivity contribution in [3.63, 3.8) is 0 Å². The Bertz CT molecular complexity index is 740. The van der Waals surface area contributed by atoms with E-state index in [1.807, 2.05) is 42.5 Å². The van der Waals surface area contributed by atoms with Crippen molar-refractivity contribution in [2.24, 2.45) is 0 Å². The second-order valence-electron chi connectivity index (χ2n) is 5.74. The molecule has 2 amide bonds. The number of carbonyl (C=O) groups is 1. The minimum Gasteiger partial charge on any atom is -0.371 e. The maximum Gasteiger partial charge on any atom is 0.315 e. The van der Waals surface area contributed by atoms with Crippen LogP contribution in [0, 0.1) is 11.3 Å². The normalized spacial score (nSPS) is 19.5. The molecular weight excluding hydrogens is 302 g/mol. The van der Waals surface area contributed by atoms with Crippen molar-refractivity contribution in [1.29, 1.82) is 5.26 Å². The van der Waals surface area contributed by atoms with Gasteiger partial charge in [0.05, 0.1) is 17.7 Å². The molecule has 2 aromatic carbocycles. The zero-order chi connectivity index (χ0) is 16.8. The van der Waals surface area contributed by atoms with Crippen LogP contribution in [-0.4, -0.2) is 18.7 Å². The van der Waals surface area contributed by atoms with Gasteiger partial charge < -0.3 is 15.4 Å². The number of hydrogen-bond acceptors (Lipinski definition) is 3. The van der Waals surface area contributed by atoms with Crippen LogP contribution < -0.4 is 10.6 Å². The quantitative estimate of drug-likeness (QED) is 0.909. The second kappa shape index (κ2) is 7.62. The van der Waals surface area contributed by atoms with Crippen molar-refractivity contribution in [3.05, 3.63) is 71.3 Å². The Morgan fingerprint density at radius 1 is 1.21 bits per heavy atom. The van der Waals surface area contributed by atoms with E-state index in [4.69, 9.17) is 10.00 Å². The molecule has 2 aromatic rings. The molecule has 1 aliphatic rings. The topological polar surface area (TPSA) is 74.2 Å². The third kappa shape index (κ3) is 3.92. The molecule has 2 N–H and O–H groups in total. The van der Waals surface area contributed by atoms with Crippen LogP contribution in [0.25, 0.3) is 0 Å². The fourth-order valence-corrected chi connectivity index (χ4v) is 2.86. The highest BCUT2D eigenvalue weighted by Crippen LogP contribution is 2.28. The van der Waals surface area contributed by atoms with Gasteiger partial charge in [-0.3, -0.25) is 0 Å². The molecule has 2 atom stereocenters. The Morgan fingerprint density at radius 2 is 2.04 bits per heavy atom. The van der Waals surface area contributed by atoms with Gasteiger partial charge in [-0.25, -0.2) is 4.79 Å². The highest BCUT2D eigenvalue weighted by Gasteiger charge is 2.30. The second-order valence-corrected chi connectivity index (χ2v) is 5.74. The molecule has 5 heteroatoms. The van der Waals surface area contributed by atoms with Crippen molar-refractivity contribution in [2.75, 3.05) is 6.61 Å². The van der Waals surface area contributed by atoms with Crippen LogP contribution in [0.15, 0.2) is 54.6 Å². The van der Waals surface area contributed by atoms with Crippen molar-refractivity contribution in [1.82, 2.24) is 10.6 Å². The predicted octanol–water partition coefficient (Wildman–Crippen LogP) is 2.89. The third-order valence-electron chi connectivity index (χ3n) is 4.05. The van der Waals surface area contributed by atoms with E-state index in [0.717, 1.165) is 17.5 Å². The van der Waals surface area contributed by atoms with Crippen LogP contribution >= 0.6 is 0 Å². The van der Waals surface area contributed by atoms with E-state index < -0.39 is 0 Å². The molecule has 1 fully saturated rings. The maximum absolute atomic E-state index is 12.2. The lowest BCUT2D eigenvalue weighted by molar-refractivity contribution is 0.0999. The van der Waals surface area contributed by atoms with Gasteiger partial charge in [-0.15, -0.1) is 0 Å². The molecular formula is C19H19N3O2. The van der Waals surface area contributed by atoms with Crippen molar-refractivity contribution >= 4 is 6.03 Å². The molecule has 5 nitrogen and oxygen atoms in total. The van der Waals surface area contributed by atoms with Gasteiger partial charge in [0.2, 0.25) is 0 Å². The number of amides is 2. The lowest BCUT2D eigenvalue weighted by Gasteiger charge is -2.20. The smallest absolute Gasteiger partial charge is 0.315 e. The first-order chi connectivity index (χ1) is 11.8. The zero-order valence-corrected chi connectivity index (χ0v) is 13.2. The van der Waals surface area contributed by atoms with Crippen LogP contribution in [0.1, 0.15) is 29.2 Å². The average Bonchev–Trinajstić information content (AvgIpc) is 3.09. The summed E-state index contributed by atoms with van der Waals surface area (Å²) in [5.41, 5.74) is 2.55. The van der Waals surface area contributed by atoms with E-state index in [1.165, 1.54) is 0 Å². The van der Waals surface area contributed by atoms with Gasteiger partial charge in [-0.05, 0) is 29.7 Å². The van der Waals surface area contributed by atoms with E-state index in [-0.39, 0.29) is 18.2 Å². The number of benzene rings is 2. The first-order valence-electron chi connectivity index (χ1n) is 7.96. The Hall–Kier alpha value is -2.84. The maximum atomic E-state index is 12.2. The van der Waals surface area contributed by atoms with Crippen molar-refractivity contribution < 1.29 is 9.53 Å². The Kier molecular flexibility index (Phi) is 5.09. The van der Waals surface area contributed by atoms with Crippen molar-refractivity contribution in [2.45, 2.75) is 25.1 Å². The summed E-state index contributed by atoms with van der Waals surface area (Å²) in [7, 11) is 0. The number of nitrogens with one attached hydrogen (secondary N) is 2. The van der Waals surface area contributed by atoms with Gasteiger partial charge in [0.1, 0.15) is 6.10 Å². The summed E-state index contributed by atoms with van der Waals surface area (Å²) >= 11 is 0. The lowest BCUT2D eigenvalue weighted by atomic mass is 10.0. The van der Waals surface area contributed by atoms with Crippen LogP contribution in [0.3, 0.4) is 0 Å². The number of carbonyl (C=O) groups excluding carboxylic acids is 1. The van der Waals surface area contributed by atoms with Gasteiger partial charge in [0.15, 0.2) is 0 Å². The standard InChI is InChI=1S/C19H19N3O2/c20-12-14-5-4-6-15(11-14)13-21-19(23)22-17-9-10-24-18(17)16-7-2-1-3-8-16/h1-8,11,17-18H,9-10,13H2,(H2,21,22,23)/t17-,18-/m1/s1. The van der Waals surface area contributed by atoms with Gasteiger partial charge >= 0.3 is 6.03 Å². The highest BCUT2D eigenvalue weighted by atomic mass is 16.5. The van der Waals surface area contributed by atoms with E-state index in [1.54, 1.807) is 12.1 Å². The Balaban J connectivity index is 1.55. The van der Waals surface area contributed by atoms with E-state index >= 15 is 0 Å². The lowest BCUT2D eigenvalue weighted by Crippen LogP contribution is -2.43. The summed E-state index contributed by atoms with van der Waals surface area (Å²) in [4.78, 5) is 12.2. The Morgan fingerprint density at radius 3 is 2.83 bits per heavy atom. The van der Waals surface area contributed by atoms with E-state index in [9.17, 15) is 4.79 Å². The van der Waals surface area contributed by atoms with Crippen LogP contribution in [0.4, 0.5) is 4.79 Å². The molecule has 0 spiro atoms. The molecule has 1 heterocycles. The SMILES string of the molecule is N#Cc1cccc(CNC(=O)N[C@@H]2CCO[C@@H]2c2ccccc2)c1. The van der Waals surface area contributed by atoms with Crippen LogP contribution in [0.2, 0.25) is 0 Å². The number of hydrogen-bond donors (Lipinski definition) is 2. The van der Waals surface area contributed by atoms with Gasteiger partial charge in [-0.2, -0.15) is 5.26 Å². The first kappa shape index (κ1) is 16.0. The number of rotatable bonds is 4. The molecule has 1 aliphatic heterocycles. The van der Waals surface area contributed by atoms with Gasteiger partial charge in [-0.1, -0.05) is 42.5 Å². The largest absolute Gasteiger partial charge is 0.371 e. The number of nitriles is 1. The first-order valence-corrected chi connectivity index (χ1v) is 7.96. The molecule has 0 unspecified atom stereocenters. The number of ether oxygens (including phenoxy) is 1. The molecule has 122 valence electrons. The fraction of sp³-hybridized carbons (Fsp3) is 0.263. The molecule has 3 rings (SSSR count). The minimum atomic E-state index is -0.228. The summed E-state index contributed by atoms with van der Waals surface area (Å²) < 4.78 is 5.77. The zero-order valence-electron chi connectivity index (χ0n) is 13.2. The molecule has 0 saturated carbocycles. The van der Waals surface area contributed by atoms with E-state index in [2.05, 4.69) is 16.7 Å². The summed E-state index contributed by atoms with van der Waals surface area (Å²) in [5, 5.41) is 14.7. The minimum absolute atomic E-state index is 0.0437. The molecule has 0 aromatic heterocycles. The van der Waals surface area contributed by atoms with Crippen LogP contribution in [-0.2, 0) is 11.3 Å². The number of nitrogens with zero attached hydrogens (tertiary/aromatic N) is 1. The summed E-state index contributed by atoms with van der Waals surface area (Å²) in [6, 6.07) is 18.9. The van der Waals surface area contributed by atoms with Gasteiger partial charge in [0.25, 0.3) is 0 Å². The molecule has 0 radical (unpaired) electrons. The van der Waals surface area contributed by atoms with Crippen molar-refractivity contribution in [3.8, 4) is 6.07 Å². The van der Waals surface area contributed by atoms with Crippen LogP contribution in [0.5, 0.6) is 0 Å². The summed E-state index contributed by atoms with van der Waals surface area (Å²) in [6.45, 7) is 1.01. The summed E-state index contributed by atoms with van der Waals surface area (Å²) in [6.07, 6.45) is 0.676. The Labute approximate surface area is 141 Å². The molecule has 1 saturated heterocycles. The molecule has 0 bridgehead atoms. The van der Waals surface area contributed by atoms with Gasteiger partial charge in [0, 0.05) is 13.2 Å².